The molecular formula is C20H31ClN2. The van der Waals surface area contributed by atoms with E-state index in [1.165, 1.54) is 37.7 Å². The molecule has 0 radical (unpaired) electrons. The molecule has 128 valence electrons. The highest BCUT2D eigenvalue weighted by atomic mass is 35.5. The van der Waals surface area contributed by atoms with Crippen molar-refractivity contribution in [3.8, 4) is 0 Å². The quantitative estimate of drug-likeness (QED) is 0.830. The molecule has 0 aromatic heterocycles. The number of nitrogens with one attached hydrogen (secondary N) is 1. The maximum atomic E-state index is 6.14. The number of hydrogen-bond acceptors (Lipinski definition) is 2. The lowest BCUT2D eigenvalue weighted by Crippen LogP contribution is -2.54. The first-order valence-electron chi connectivity index (χ1n) is 9.17. The predicted molar refractivity (Wildman–Crippen MR) is 99.0 cm³/mol. The Morgan fingerprint density at radius 2 is 1.83 bits per heavy atom. The molecule has 2 saturated carbocycles. The Kier molecular flexibility index (Phi) is 5.06. The van der Waals surface area contributed by atoms with Gasteiger partial charge in [0.15, 0.2) is 0 Å². The van der Waals surface area contributed by atoms with Gasteiger partial charge in [-0.3, -0.25) is 4.90 Å². The Hall–Kier alpha value is -0.570. The van der Waals surface area contributed by atoms with Gasteiger partial charge in [-0.05, 0) is 62.8 Å². The number of hydrogen-bond donors (Lipinski definition) is 1. The second kappa shape index (κ2) is 6.74. The van der Waals surface area contributed by atoms with Crippen molar-refractivity contribution >= 4 is 11.6 Å². The summed E-state index contributed by atoms with van der Waals surface area (Å²) in [6.07, 6.45) is 6.42. The van der Waals surface area contributed by atoms with E-state index < -0.39 is 0 Å². The van der Waals surface area contributed by atoms with Crippen LogP contribution in [0, 0.1) is 5.92 Å². The predicted octanol–water partition coefficient (Wildman–Crippen LogP) is 4.82. The zero-order valence-corrected chi connectivity index (χ0v) is 15.7. The van der Waals surface area contributed by atoms with Gasteiger partial charge in [0.1, 0.15) is 0 Å². The second-order valence-corrected chi connectivity index (χ2v) is 8.46. The fourth-order valence-electron chi connectivity index (χ4n) is 4.49. The number of nitrogens with zero attached hydrogens (tertiary/aromatic N) is 1. The van der Waals surface area contributed by atoms with E-state index in [1.54, 1.807) is 0 Å². The molecule has 1 aromatic carbocycles. The van der Waals surface area contributed by atoms with Crippen molar-refractivity contribution in [1.82, 2.24) is 10.2 Å². The Morgan fingerprint density at radius 3 is 2.35 bits per heavy atom. The van der Waals surface area contributed by atoms with E-state index in [4.69, 9.17) is 11.6 Å². The largest absolute Gasteiger partial charge is 0.312 e. The highest BCUT2D eigenvalue weighted by molar-refractivity contribution is 6.30. The zero-order valence-electron chi connectivity index (χ0n) is 15.0. The maximum absolute atomic E-state index is 6.14. The van der Waals surface area contributed by atoms with E-state index in [-0.39, 0.29) is 5.54 Å². The van der Waals surface area contributed by atoms with Crippen LogP contribution in [0.3, 0.4) is 0 Å². The lowest BCUT2D eigenvalue weighted by atomic mass is 9.69. The van der Waals surface area contributed by atoms with Gasteiger partial charge < -0.3 is 5.32 Å². The van der Waals surface area contributed by atoms with Gasteiger partial charge in [0.05, 0.1) is 0 Å². The van der Waals surface area contributed by atoms with Crippen molar-refractivity contribution in [2.75, 3.05) is 7.05 Å². The van der Waals surface area contributed by atoms with Crippen LogP contribution >= 0.6 is 11.6 Å². The molecule has 1 aromatic rings. The first kappa shape index (κ1) is 17.3. The van der Waals surface area contributed by atoms with E-state index in [0.717, 1.165) is 11.1 Å². The number of halogens is 1. The molecule has 2 aliphatic carbocycles. The normalized spacial score (nSPS) is 31.8. The minimum Gasteiger partial charge on any atom is -0.312 e. The molecule has 0 spiro atoms. The van der Waals surface area contributed by atoms with Crippen LogP contribution in [0.1, 0.15) is 58.4 Å². The van der Waals surface area contributed by atoms with E-state index in [1.807, 2.05) is 0 Å². The van der Waals surface area contributed by atoms with E-state index >= 15 is 0 Å². The molecule has 0 amide bonds. The smallest absolute Gasteiger partial charge is 0.0464 e. The van der Waals surface area contributed by atoms with E-state index in [2.05, 4.69) is 62.3 Å². The first-order chi connectivity index (χ1) is 10.9. The third-order valence-corrected chi connectivity index (χ3v) is 6.17. The summed E-state index contributed by atoms with van der Waals surface area (Å²) in [6.45, 7) is 6.93. The van der Waals surface area contributed by atoms with Crippen molar-refractivity contribution in [3.63, 3.8) is 0 Å². The van der Waals surface area contributed by atoms with Gasteiger partial charge in [-0.2, -0.15) is 0 Å². The third kappa shape index (κ3) is 3.60. The van der Waals surface area contributed by atoms with Gasteiger partial charge in [0.25, 0.3) is 0 Å². The topological polar surface area (TPSA) is 15.3 Å². The lowest BCUT2D eigenvalue weighted by Gasteiger charge is -2.50. The molecule has 3 heteroatoms. The molecule has 0 saturated heterocycles. The summed E-state index contributed by atoms with van der Waals surface area (Å²) >= 11 is 6.14. The highest BCUT2D eigenvalue weighted by Gasteiger charge is 2.47. The Morgan fingerprint density at radius 1 is 1.17 bits per heavy atom. The van der Waals surface area contributed by atoms with Crippen molar-refractivity contribution < 1.29 is 0 Å². The van der Waals surface area contributed by atoms with Gasteiger partial charge in [0, 0.05) is 28.7 Å². The molecule has 1 N–H and O–H groups in total. The molecular weight excluding hydrogens is 304 g/mol. The molecule has 3 unspecified atom stereocenters. The van der Waals surface area contributed by atoms with Crippen LogP contribution < -0.4 is 5.32 Å². The Balaban J connectivity index is 1.87. The minimum atomic E-state index is 0.181. The summed E-state index contributed by atoms with van der Waals surface area (Å²) in [5, 5.41) is 4.61. The second-order valence-electron chi connectivity index (χ2n) is 8.03. The zero-order chi connectivity index (χ0) is 16.6. The van der Waals surface area contributed by atoms with Crippen molar-refractivity contribution in [1.29, 1.82) is 0 Å². The van der Waals surface area contributed by atoms with Gasteiger partial charge in [-0.1, -0.05) is 44.5 Å². The average molecular weight is 335 g/mol. The number of benzene rings is 1. The molecule has 3 atom stereocenters. The van der Waals surface area contributed by atoms with Crippen molar-refractivity contribution in [3.05, 3.63) is 34.9 Å². The SMILES string of the molecule is CC(C)NC1CCC(c2ccc(Cl)cc2)(N(C)C2CC2)CC1C. The van der Waals surface area contributed by atoms with Gasteiger partial charge in [-0.25, -0.2) is 0 Å². The van der Waals surface area contributed by atoms with Crippen molar-refractivity contribution in [2.24, 2.45) is 5.92 Å². The van der Waals surface area contributed by atoms with Crippen LogP contribution in [0.25, 0.3) is 0 Å². The van der Waals surface area contributed by atoms with Crippen LogP contribution in [-0.4, -0.2) is 30.1 Å². The monoisotopic (exact) mass is 334 g/mol. The molecule has 3 rings (SSSR count). The maximum Gasteiger partial charge on any atom is 0.0464 e. The summed E-state index contributed by atoms with van der Waals surface area (Å²) < 4.78 is 0. The summed E-state index contributed by atoms with van der Waals surface area (Å²) in [5.74, 6) is 0.683. The highest BCUT2D eigenvalue weighted by Crippen LogP contribution is 2.48. The third-order valence-electron chi connectivity index (χ3n) is 5.91. The Labute approximate surface area is 146 Å². The standard InChI is InChI=1S/C20H31ClN2/c1-14(2)22-19-11-12-20(13-15(19)3,23(4)18-9-10-18)16-5-7-17(21)8-6-16/h5-8,14-15,18-19,22H,9-13H2,1-4H3. The van der Waals surface area contributed by atoms with Gasteiger partial charge in [0.2, 0.25) is 0 Å². The molecule has 0 heterocycles. The van der Waals surface area contributed by atoms with Crippen LogP contribution in [0.15, 0.2) is 24.3 Å². The van der Waals surface area contributed by atoms with E-state index in [9.17, 15) is 0 Å². The van der Waals surface area contributed by atoms with Crippen LogP contribution in [0.4, 0.5) is 0 Å². The van der Waals surface area contributed by atoms with Crippen LogP contribution in [0.5, 0.6) is 0 Å². The average Bonchev–Trinajstić information content (AvgIpc) is 3.34. The fraction of sp³-hybridized carbons (Fsp3) is 0.700. The molecule has 23 heavy (non-hydrogen) atoms. The van der Waals surface area contributed by atoms with Gasteiger partial charge in [-0.15, -0.1) is 0 Å². The van der Waals surface area contributed by atoms with Gasteiger partial charge >= 0.3 is 0 Å². The summed E-state index contributed by atoms with van der Waals surface area (Å²) in [4.78, 5) is 2.68. The van der Waals surface area contributed by atoms with Crippen LogP contribution in [0.2, 0.25) is 5.02 Å². The van der Waals surface area contributed by atoms with E-state index in [0.29, 0.717) is 18.0 Å². The minimum absolute atomic E-state index is 0.181. The molecule has 0 bridgehead atoms. The molecule has 2 aliphatic rings. The summed E-state index contributed by atoms with van der Waals surface area (Å²) in [7, 11) is 2.34. The van der Waals surface area contributed by atoms with Crippen molar-refractivity contribution in [2.45, 2.75) is 76.5 Å². The lowest BCUT2D eigenvalue weighted by molar-refractivity contribution is 0.0290. The summed E-state index contributed by atoms with van der Waals surface area (Å²) in [5.41, 5.74) is 1.63. The van der Waals surface area contributed by atoms with Crippen LogP contribution in [-0.2, 0) is 5.54 Å². The molecule has 2 nitrogen and oxygen atoms in total. The fourth-order valence-corrected chi connectivity index (χ4v) is 4.62. The first-order valence-corrected chi connectivity index (χ1v) is 9.55. The Bertz CT molecular complexity index is 523. The summed E-state index contributed by atoms with van der Waals surface area (Å²) in [6, 6.07) is 10.6. The molecule has 2 fully saturated rings. The number of rotatable bonds is 5. The molecule has 0 aliphatic heterocycles.